The molecule has 2 aliphatic carbocycles. The van der Waals surface area contributed by atoms with Gasteiger partial charge in [0.1, 0.15) is 0 Å². The highest BCUT2D eigenvalue weighted by atomic mass is 15.1. The Bertz CT molecular complexity index is 482. The van der Waals surface area contributed by atoms with Gasteiger partial charge in [0.25, 0.3) is 0 Å². The summed E-state index contributed by atoms with van der Waals surface area (Å²) in [6.07, 6.45) is 8.16. The van der Waals surface area contributed by atoms with E-state index in [2.05, 4.69) is 35.2 Å². The molecule has 1 heteroatoms. The molecule has 1 nitrogen and oxygen atoms in total. The van der Waals surface area contributed by atoms with Gasteiger partial charge >= 0.3 is 0 Å². The minimum atomic E-state index is 0.728. The Morgan fingerprint density at radius 1 is 1.00 bits per heavy atom. The van der Waals surface area contributed by atoms with Crippen molar-refractivity contribution < 1.29 is 0 Å². The van der Waals surface area contributed by atoms with Crippen molar-refractivity contribution in [1.82, 2.24) is 4.90 Å². The second kappa shape index (κ2) is 4.24. The van der Waals surface area contributed by atoms with Crippen LogP contribution in [0.5, 0.6) is 0 Å². The molecule has 2 atom stereocenters. The SMILES string of the molecule is C1=C(CN2CCCCC2)C2CC1c1ccccc12. The third-order valence-corrected chi connectivity index (χ3v) is 4.98. The van der Waals surface area contributed by atoms with Crippen LogP contribution in [-0.4, -0.2) is 24.5 Å². The fourth-order valence-corrected chi connectivity index (χ4v) is 4.10. The first-order valence-electron chi connectivity index (χ1n) is 7.43. The molecule has 4 rings (SSSR count). The lowest BCUT2D eigenvalue weighted by Crippen LogP contribution is -2.32. The van der Waals surface area contributed by atoms with Gasteiger partial charge in [0.15, 0.2) is 0 Å². The number of hydrogen-bond donors (Lipinski definition) is 0. The largest absolute Gasteiger partial charge is 0.299 e. The fraction of sp³-hybridized carbons (Fsp3) is 0.529. The minimum absolute atomic E-state index is 0.728. The topological polar surface area (TPSA) is 3.24 Å². The molecule has 1 saturated heterocycles. The Kier molecular flexibility index (Phi) is 2.54. The number of piperidine rings is 1. The van der Waals surface area contributed by atoms with Crippen molar-refractivity contribution in [3.63, 3.8) is 0 Å². The van der Waals surface area contributed by atoms with Crippen LogP contribution < -0.4 is 0 Å². The van der Waals surface area contributed by atoms with E-state index >= 15 is 0 Å². The molecule has 3 aliphatic rings. The van der Waals surface area contributed by atoms with Crippen molar-refractivity contribution in [2.45, 2.75) is 37.5 Å². The molecule has 1 fully saturated rings. The predicted octanol–water partition coefficient (Wildman–Crippen LogP) is 3.68. The average Bonchev–Trinajstić information content (AvgIpc) is 2.99. The summed E-state index contributed by atoms with van der Waals surface area (Å²) in [5.74, 6) is 1.47. The zero-order valence-corrected chi connectivity index (χ0v) is 10.9. The molecule has 0 radical (unpaired) electrons. The zero-order chi connectivity index (χ0) is 11.9. The number of nitrogens with zero attached hydrogens (tertiary/aromatic N) is 1. The molecule has 1 heterocycles. The molecule has 1 aliphatic heterocycles. The lowest BCUT2D eigenvalue weighted by molar-refractivity contribution is 0.244. The lowest BCUT2D eigenvalue weighted by atomic mass is 9.90. The number of hydrogen-bond acceptors (Lipinski definition) is 1. The third kappa shape index (κ3) is 1.65. The van der Waals surface area contributed by atoms with Crippen molar-refractivity contribution in [3.8, 4) is 0 Å². The first-order valence-corrected chi connectivity index (χ1v) is 7.43. The van der Waals surface area contributed by atoms with Crippen LogP contribution in [0.4, 0.5) is 0 Å². The zero-order valence-electron chi connectivity index (χ0n) is 10.9. The van der Waals surface area contributed by atoms with Crippen molar-refractivity contribution in [2.24, 2.45) is 0 Å². The number of rotatable bonds is 2. The maximum Gasteiger partial charge on any atom is 0.0199 e. The molecule has 1 aromatic carbocycles. The molecular weight excluding hydrogens is 218 g/mol. The Balaban J connectivity index is 1.54. The molecule has 0 spiro atoms. The molecule has 0 saturated carbocycles. The highest BCUT2D eigenvalue weighted by Crippen LogP contribution is 2.52. The van der Waals surface area contributed by atoms with Crippen molar-refractivity contribution in [3.05, 3.63) is 47.0 Å². The van der Waals surface area contributed by atoms with E-state index in [9.17, 15) is 0 Å². The van der Waals surface area contributed by atoms with Gasteiger partial charge in [-0.3, -0.25) is 4.90 Å². The Labute approximate surface area is 109 Å². The summed E-state index contributed by atoms with van der Waals surface area (Å²) in [4.78, 5) is 2.67. The van der Waals surface area contributed by atoms with Gasteiger partial charge < -0.3 is 0 Å². The van der Waals surface area contributed by atoms with E-state index in [0.717, 1.165) is 11.8 Å². The summed E-state index contributed by atoms with van der Waals surface area (Å²) in [6.45, 7) is 3.86. The Hall–Kier alpha value is -1.08. The van der Waals surface area contributed by atoms with Crippen LogP contribution in [0.3, 0.4) is 0 Å². The molecule has 0 aromatic heterocycles. The molecule has 1 aromatic rings. The van der Waals surface area contributed by atoms with Gasteiger partial charge in [-0.05, 0) is 43.5 Å². The average molecular weight is 239 g/mol. The smallest absolute Gasteiger partial charge is 0.0199 e. The molecular formula is C17H21N. The number of benzene rings is 1. The molecule has 2 unspecified atom stereocenters. The van der Waals surface area contributed by atoms with E-state index in [1.54, 1.807) is 16.7 Å². The van der Waals surface area contributed by atoms with E-state index < -0.39 is 0 Å². The molecule has 0 N–H and O–H groups in total. The summed E-state index contributed by atoms with van der Waals surface area (Å²) in [6, 6.07) is 9.08. The highest BCUT2D eigenvalue weighted by molar-refractivity contribution is 5.51. The summed E-state index contributed by atoms with van der Waals surface area (Å²) in [5.41, 5.74) is 4.93. The Morgan fingerprint density at radius 2 is 1.78 bits per heavy atom. The third-order valence-electron chi connectivity index (χ3n) is 4.98. The first kappa shape index (κ1) is 10.8. The van der Waals surface area contributed by atoms with E-state index in [-0.39, 0.29) is 0 Å². The quantitative estimate of drug-likeness (QED) is 0.712. The molecule has 18 heavy (non-hydrogen) atoms. The van der Waals surface area contributed by atoms with Gasteiger partial charge in [-0.15, -0.1) is 0 Å². The standard InChI is InChI=1S/C17H21N/c1-4-8-18(9-5-1)12-14-10-13-11-17(14)16-7-3-2-6-15(13)16/h2-3,6-7,10,13,17H,1,4-5,8-9,11-12H2. The maximum atomic E-state index is 2.67. The fourth-order valence-electron chi connectivity index (χ4n) is 4.10. The number of fused-ring (bicyclic) bond motifs is 5. The summed E-state index contributed by atoms with van der Waals surface area (Å²) < 4.78 is 0. The van der Waals surface area contributed by atoms with Crippen molar-refractivity contribution in [1.29, 1.82) is 0 Å². The summed E-state index contributed by atoms with van der Waals surface area (Å²) >= 11 is 0. The maximum absolute atomic E-state index is 2.67. The molecule has 0 amide bonds. The highest BCUT2D eigenvalue weighted by Gasteiger charge is 2.37. The van der Waals surface area contributed by atoms with Crippen LogP contribution in [-0.2, 0) is 0 Å². The van der Waals surface area contributed by atoms with Crippen molar-refractivity contribution >= 4 is 0 Å². The van der Waals surface area contributed by atoms with E-state index in [1.165, 1.54) is 45.3 Å². The lowest BCUT2D eigenvalue weighted by Gasteiger charge is -2.29. The van der Waals surface area contributed by atoms with Gasteiger partial charge in [0.05, 0.1) is 0 Å². The first-order chi connectivity index (χ1) is 8.92. The van der Waals surface area contributed by atoms with Crippen LogP contribution >= 0.6 is 0 Å². The molecule has 2 bridgehead atoms. The van der Waals surface area contributed by atoms with Gasteiger partial charge in [0.2, 0.25) is 0 Å². The van der Waals surface area contributed by atoms with Crippen molar-refractivity contribution in [2.75, 3.05) is 19.6 Å². The van der Waals surface area contributed by atoms with E-state index in [0.29, 0.717) is 0 Å². The summed E-state index contributed by atoms with van der Waals surface area (Å²) in [7, 11) is 0. The number of likely N-dealkylation sites (tertiary alicyclic amines) is 1. The van der Waals surface area contributed by atoms with Crippen LogP contribution in [0.1, 0.15) is 48.6 Å². The van der Waals surface area contributed by atoms with E-state index in [4.69, 9.17) is 0 Å². The minimum Gasteiger partial charge on any atom is -0.299 e. The van der Waals surface area contributed by atoms with Crippen LogP contribution in [0.25, 0.3) is 0 Å². The Morgan fingerprint density at radius 3 is 2.61 bits per heavy atom. The van der Waals surface area contributed by atoms with Gasteiger partial charge in [-0.2, -0.15) is 0 Å². The van der Waals surface area contributed by atoms with Crippen LogP contribution in [0.15, 0.2) is 35.9 Å². The second-order valence-corrected chi connectivity index (χ2v) is 6.10. The summed E-state index contributed by atoms with van der Waals surface area (Å²) in [5, 5.41) is 0. The van der Waals surface area contributed by atoms with E-state index in [1.807, 2.05) is 0 Å². The van der Waals surface area contributed by atoms with Crippen LogP contribution in [0, 0.1) is 0 Å². The monoisotopic (exact) mass is 239 g/mol. The predicted molar refractivity (Wildman–Crippen MR) is 74.9 cm³/mol. The van der Waals surface area contributed by atoms with Gasteiger partial charge in [-0.1, -0.05) is 42.3 Å². The molecule has 94 valence electrons. The van der Waals surface area contributed by atoms with Gasteiger partial charge in [-0.25, -0.2) is 0 Å². The van der Waals surface area contributed by atoms with Gasteiger partial charge in [0, 0.05) is 18.4 Å². The number of allylic oxidation sites excluding steroid dienone is 1. The second-order valence-electron chi connectivity index (χ2n) is 6.10. The normalized spacial score (nSPS) is 30.3. The van der Waals surface area contributed by atoms with Crippen LogP contribution in [0.2, 0.25) is 0 Å².